The number of aliphatic hydroxyl groups is 1. The monoisotopic (exact) mass is 184 g/mol. The van der Waals surface area contributed by atoms with Gasteiger partial charge in [-0.1, -0.05) is 0 Å². The topological polar surface area (TPSA) is 42.0 Å². The van der Waals surface area contributed by atoms with Gasteiger partial charge in [0.25, 0.3) is 0 Å². The molecule has 0 radical (unpaired) electrons. The molecule has 3 rings (SSSR count). The first kappa shape index (κ1) is 8.21. The Labute approximate surface area is 78.0 Å². The van der Waals surface area contributed by atoms with Gasteiger partial charge in [-0.3, -0.25) is 0 Å². The molecule has 0 aromatic heterocycles. The Hall–Kier alpha value is -0.120. The van der Waals surface area contributed by atoms with Gasteiger partial charge in [-0.15, -0.1) is 0 Å². The van der Waals surface area contributed by atoms with Gasteiger partial charge in [0.05, 0.1) is 24.9 Å². The van der Waals surface area contributed by atoms with E-state index in [0.29, 0.717) is 30.7 Å². The lowest BCUT2D eigenvalue weighted by Crippen LogP contribution is -2.32. The summed E-state index contributed by atoms with van der Waals surface area (Å²) in [6.07, 6.45) is 3.22. The number of methoxy groups -OCH3 is 1. The zero-order valence-corrected chi connectivity index (χ0v) is 7.85. The molecular weight excluding hydrogens is 168 g/mol. The van der Waals surface area contributed by atoms with E-state index in [4.69, 9.17) is 9.47 Å². The third-order valence-electron chi connectivity index (χ3n) is 3.98. The van der Waals surface area contributed by atoms with Gasteiger partial charge in [-0.25, -0.2) is 0 Å². The summed E-state index contributed by atoms with van der Waals surface area (Å²) in [4.78, 5) is 0. The zero-order chi connectivity index (χ0) is 9.00. The van der Waals surface area contributed by atoms with E-state index in [2.05, 4.69) is 0 Å². The van der Waals surface area contributed by atoms with Crippen LogP contribution in [0.3, 0.4) is 0 Å². The fraction of sp³-hybridized carbons (Fsp3) is 1.00. The van der Waals surface area contributed by atoms with Crippen LogP contribution in [0.1, 0.15) is 12.8 Å². The molecule has 2 aliphatic carbocycles. The first-order valence-electron chi connectivity index (χ1n) is 5.13. The number of fused-ring (bicyclic) bond motifs is 5. The van der Waals surface area contributed by atoms with Crippen molar-refractivity contribution >= 4 is 0 Å². The van der Waals surface area contributed by atoms with Crippen molar-refractivity contribution in [2.45, 2.75) is 31.2 Å². The molecular formula is C10H16O3. The average molecular weight is 184 g/mol. The van der Waals surface area contributed by atoms with Crippen LogP contribution < -0.4 is 0 Å². The normalized spacial score (nSPS) is 53.5. The smallest absolute Gasteiger partial charge is 0.0876 e. The summed E-state index contributed by atoms with van der Waals surface area (Å²) in [6.45, 7) is 0.477. The predicted octanol–water partition coefficient (Wildman–Crippen LogP) is 0.417. The van der Waals surface area contributed by atoms with E-state index in [9.17, 15) is 5.11 Å². The molecule has 1 saturated heterocycles. The molecule has 6 atom stereocenters. The molecule has 1 heterocycles. The number of rotatable bonds is 3. The second kappa shape index (κ2) is 2.69. The van der Waals surface area contributed by atoms with Crippen LogP contribution in [0.4, 0.5) is 0 Å². The highest BCUT2D eigenvalue weighted by Gasteiger charge is 2.64. The lowest BCUT2D eigenvalue weighted by molar-refractivity contribution is 0.00792. The average Bonchev–Trinajstić information content (AvgIpc) is 2.72. The van der Waals surface area contributed by atoms with Gasteiger partial charge < -0.3 is 14.6 Å². The molecule has 3 nitrogen and oxygen atoms in total. The first-order chi connectivity index (χ1) is 6.31. The van der Waals surface area contributed by atoms with Crippen molar-refractivity contribution in [2.24, 2.45) is 17.8 Å². The molecule has 3 fully saturated rings. The van der Waals surface area contributed by atoms with Gasteiger partial charge in [-0.05, 0) is 30.6 Å². The summed E-state index contributed by atoms with van der Waals surface area (Å²) in [6, 6.07) is 0. The number of hydrogen-bond donors (Lipinski definition) is 1. The summed E-state index contributed by atoms with van der Waals surface area (Å²) in [5.74, 6) is 1.81. The molecule has 2 saturated carbocycles. The summed E-state index contributed by atoms with van der Waals surface area (Å²) in [5.41, 5.74) is 0. The highest BCUT2D eigenvalue weighted by atomic mass is 16.6. The fourth-order valence-corrected chi connectivity index (χ4v) is 3.39. The molecule has 0 spiro atoms. The third-order valence-corrected chi connectivity index (χ3v) is 3.98. The van der Waals surface area contributed by atoms with Crippen molar-refractivity contribution in [3.05, 3.63) is 0 Å². The maximum Gasteiger partial charge on any atom is 0.0876 e. The maximum atomic E-state index is 9.83. The molecule has 3 heteroatoms. The lowest BCUT2D eigenvalue weighted by Gasteiger charge is -2.24. The van der Waals surface area contributed by atoms with E-state index in [1.54, 1.807) is 7.11 Å². The van der Waals surface area contributed by atoms with E-state index >= 15 is 0 Å². The number of aliphatic hydroxyl groups excluding tert-OH is 1. The Bertz CT molecular complexity index is 218. The standard InChI is InChI=1S/C10H16O3/c1-12-4-8(11)6-2-5-3-7(6)10-9(5)13-10/h5-11H,2-4H2,1H3. The van der Waals surface area contributed by atoms with E-state index in [0.717, 1.165) is 12.3 Å². The summed E-state index contributed by atoms with van der Waals surface area (Å²) >= 11 is 0. The molecule has 2 bridgehead atoms. The molecule has 3 aliphatic rings. The van der Waals surface area contributed by atoms with Gasteiger partial charge in [0.2, 0.25) is 0 Å². The lowest BCUT2D eigenvalue weighted by atomic mass is 9.85. The van der Waals surface area contributed by atoms with Crippen molar-refractivity contribution in [2.75, 3.05) is 13.7 Å². The Morgan fingerprint density at radius 2 is 2.31 bits per heavy atom. The van der Waals surface area contributed by atoms with Crippen LogP contribution in [0.2, 0.25) is 0 Å². The third kappa shape index (κ3) is 1.07. The highest BCUT2D eigenvalue weighted by Crippen LogP contribution is 2.59. The second-order valence-corrected chi connectivity index (χ2v) is 4.65. The molecule has 0 aromatic rings. The largest absolute Gasteiger partial charge is 0.390 e. The molecule has 0 aromatic carbocycles. The Balaban J connectivity index is 1.67. The molecule has 1 N–H and O–H groups in total. The molecule has 1 aliphatic heterocycles. The van der Waals surface area contributed by atoms with E-state index in [1.807, 2.05) is 0 Å². The minimum Gasteiger partial charge on any atom is -0.390 e. The Morgan fingerprint density at radius 1 is 1.46 bits per heavy atom. The quantitative estimate of drug-likeness (QED) is 0.646. The minimum absolute atomic E-state index is 0.273. The van der Waals surface area contributed by atoms with Crippen molar-refractivity contribution in [3.8, 4) is 0 Å². The first-order valence-corrected chi connectivity index (χ1v) is 5.13. The van der Waals surface area contributed by atoms with Crippen molar-refractivity contribution in [1.29, 1.82) is 0 Å². The van der Waals surface area contributed by atoms with Gasteiger partial charge in [-0.2, -0.15) is 0 Å². The van der Waals surface area contributed by atoms with Crippen LogP contribution in [0.15, 0.2) is 0 Å². The molecule has 74 valence electrons. The SMILES string of the molecule is COCC(O)C1CC2CC1C1OC21. The van der Waals surface area contributed by atoms with Crippen LogP contribution in [0.5, 0.6) is 0 Å². The van der Waals surface area contributed by atoms with E-state index in [-0.39, 0.29) is 6.10 Å². The van der Waals surface area contributed by atoms with Gasteiger partial charge >= 0.3 is 0 Å². The molecule has 6 unspecified atom stereocenters. The van der Waals surface area contributed by atoms with Crippen LogP contribution in [0, 0.1) is 17.8 Å². The van der Waals surface area contributed by atoms with Crippen LogP contribution in [-0.4, -0.2) is 37.1 Å². The Morgan fingerprint density at radius 3 is 2.92 bits per heavy atom. The van der Waals surface area contributed by atoms with E-state index < -0.39 is 0 Å². The Kier molecular flexibility index (Phi) is 1.70. The van der Waals surface area contributed by atoms with Crippen LogP contribution in [-0.2, 0) is 9.47 Å². The number of ether oxygens (including phenoxy) is 2. The van der Waals surface area contributed by atoms with Gasteiger partial charge in [0.15, 0.2) is 0 Å². The van der Waals surface area contributed by atoms with Crippen molar-refractivity contribution in [3.63, 3.8) is 0 Å². The molecule has 0 amide bonds. The van der Waals surface area contributed by atoms with Gasteiger partial charge in [0.1, 0.15) is 0 Å². The fourth-order valence-electron chi connectivity index (χ4n) is 3.39. The minimum atomic E-state index is -0.273. The van der Waals surface area contributed by atoms with E-state index in [1.165, 1.54) is 6.42 Å². The second-order valence-electron chi connectivity index (χ2n) is 4.65. The zero-order valence-electron chi connectivity index (χ0n) is 7.85. The van der Waals surface area contributed by atoms with Crippen LogP contribution in [0.25, 0.3) is 0 Å². The van der Waals surface area contributed by atoms with Crippen molar-refractivity contribution in [1.82, 2.24) is 0 Å². The van der Waals surface area contributed by atoms with Gasteiger partial charge in [0, 0.05) is 7.11 Å². The predicted molar refractivity (Wildman–Crippen MR) is 46.2 cm³/mol. The maximum absolute atomic E-state index is 9.83. The molecule has 13 heavy (non-hydrogen) atoms. The number of hydrogen-bond acceptors (Lipinski definition) is 3. The summed E-state index contributed by atoms with van der Waals surface area (Å²) in [7, 11) is 1.65. The highest BCUT2D eigenvalue weighted by molar-refractivity contribution is 5.11. The summed E-state index contributed by atoms with van der Waals surface area (Å²) in [5, 5.41) is 9.83. The van der Waals surface area contributed by atoms with Crippen molar-refractivity contribution < 1.29 is 14.6 Å². The van der Waals surface area contributed by atoms with Crippen LogP contribution >= 0.6 is 0 Å². The summed E-state index contributed by atoms with van der Waals surface area (Å²) < 4.78 is 10.5. The number of epoxide rings is 1.